The molecule has 1 fully saturated rings. The minimum atomic E-state index is -3.76. The summed E-state index contributed by atoms with van der Waals surface area (Å²) in [4.78, 5) is 14.1. The van der Waals surface area contributed by atoms with Crippen LogP contribution < -0.4 is 10.2 Å². The molecule has 1 aromatic rings. The first-order chi connectivity index (χ1) is 11.5. The normalized spacial score (nSPS) is 21.5. The lowest BCUT2D eigenvalue weighted by Gasteiger charge is -2.25. The molecule has 1 amide bonds. The minimum absolute atomic E-state index is 0.0416. The van der Waals surface area contributed by atoms with Gasteiger partial charge in [-0.2, -0.15) is 8.42 Å². The lowest BCUT2D eigenvalue weighted by atomic mass is 10.1. The second-order valence-electron chi connectivity index (χ2n) is 5.92. The molecule has 1 aromatic carbocycles. The maximum atomic E-state index is 12.3. The summed E-state index contributed by atoms with van der Waals surface area (Å²) in [5.41, 5.74) is 0.867. The fourth-order valence-electron chi connectivity index (χ4n) is 2.87. The second-order valence-corrected chi connectivity index (χ2v) is 7.52. The van der Waals surface area contributed by atoms with E-state index < -0.39 is 10.0 Å². The predicted octanol–water partition coefficient (Wildman–Crippen LogP) is 1.54. The first-order valence-electron chi connectivity index (χ1n) is 8.12. The van der Waals surface area contributed by atoms with Crippen LogP contribution in [0.5, 0.6) is 0 Å². The van der Waals surface area contributed by atoms with Gasteiger partial charge < -0.3 is 15.0 Å². The molecule has 0 spiro atoms. The summed E-state index contributed by atoms with van der Waals surface area (Å²) in [7, 11) is -3.76. The van der Waals surface area contributed by atoms with Crippen LogP contribution in [0, 0.1) is 0 Å². The van der Waals surface area contributed by atoms with Crippen LogP contribution in [-0.4, -0.2) is 46.5 Å². The maximum Gasteiger partial charge on any atom is 0.285 e. The van der Waals surface area contributed by atoms with Crippen molar-refractivity contribution in [2.45, 2.75) is 37.2 Å². The van der Waals surface area contributed by atoms with E-state index in [1.165, 1.54) is 12.4 Å². The SMILES string of the molecule is CCCN1C=NS(=O)(=O)c2cc(C(=O)NC[C@H]3CCCO3)ccc21. The third kappa shape index (κ3) is 3.44. The molecule has 130 valence electrons. The van der Waals surface area contributed by atoms with E-state index in [1.807, 2.05) is 6.92 Å². The molecule has 2 aliphatic rings. The van der Waals surface area contributed by atoms with Gasteiger partial charge in [-0.15, -0.1) is 4.40 Å². The van der Waals surface area contributed by atoms with E-state index in [9.17, 15) is 13.2 Å². The van der Waals surface area contributed by atoms with Crippen molar-refractivity contribution in [2.24, 2.45) is 4.40 Å². The van der Waals surface area contributed by atoms with Crippen molar-refractivity contribution in [3.8, 4) is 0 Å². The highest BCUT2D eigenvalue weighted by atomic mass is 32.2. The van der Waals surface area contributed by atoms with Gasteiger partial charge in [-0.1, -0.05) is 6.92 Å². The molecular weight excluding hydrogens is 330 g/mol. The van der Waals surface area contributed by atoms with E-state index in [4.69, 9.17) is 4.74 Å². The number of nitrogens with zero attached hydrogens (tertiary/aromatic N) is 2. The second kappa shape index (κ2) is 6.90. The van der Waals surface area contributed by atoms with E-state index >= 15 is 0 Å². The van der Waals surface area contributed by atoms with Gasteiger partial charge in [-0.3, -0.25) is 4.79 Å². The molecule has 0 radical (unpaired) electrons. The van der Waals surface area contributed by atoms with E-state index in [0.717, 1.165) is 25.9 Å². The van der Waals surface area contributed by atoms with Gasteiger partial charge in [-0.25, -0.2) is 0 Å². The number of amides is 1. The monoisotopic (exact) mass is 351 g/mol. The lowest BCUT2D eigenvalue weighted by Crippen LogP contribution is -2.32. The van der Waals surface area contributed by atoms with Crippen molar-refractivity contribution in [3.05, 3.63) is 23.8 Å². The van der Waals surface area contributed by atoms with E-state index in [1.54, 1.807) is 17.0 Å². The Balaban J connectivity index is 1.80. The number of ether oxygens (including phenoxy) is 1. The Labute approximate surface area is 141 Å². The Kier molecular flexibility index (Phi) is 4.86. The van der Waals surface area contributed by atoms with Crippen LogP contribution in [-0.2, 0) is 14.8 Å². The minimum Gasteiger partial charge on any atom is -0.376 e. The Bertz CT molecular complexity index is 755. The number of anilines is 1. The summed E-state index contributed by atoms with van der Waals surface area (Å²) in [5.74, 6) is -0.305. The number of carbonyl (C=O) groups is 1. The number of carbonyl (C=O) groups excluding carboxylic acids is 1. The average molecular weight is 351 g/mol. The Morgan fingerprint density at radius 3 is 3.00 bits per heavy atom. The van der Waals surface area contributed by atoms with Gasteiger partial charge >= 0.3 is 0 Å². The molecule has 1 N–H and O–H groups in total. The fourth-order valence-corrected chi connectivity index (χ4v) is 3.95. The zero-order valence-corrected chi connectivity index (χ0v) is 14.4. The molecule has 7 nitrogen and oxygen atoms in total. The molecule has 1 saturated heterocycles. The van der Waals surface area contributed by atoms with Crippen molar-refractivity contribution >= 4 is 28.0 Å². The van der Waals surface area contributed by atoms with Gasteiger partial charge in [0.2, 0.25) is 0 Å². The molecule has 8 heteroatoms. The van der Waals surface area contributed by atoms with E-state index in [-0.39, 0.29) is 16.9 Å². The first-order valence-corrected chi connectivity index (χ1v) is 9.56. The van der Waals surface area contributed by atoms with Crippen LogP contribution in [0.15, 0.2) is 27.5 Å². The summed E-state index contributed by atoms with van der Waals surface area (Å²) in [6.07, 6.45) is 4.16. The maximum absolute atomic E-state index is 12.3. The summed E-state index contributed by atoms with van der Waals surface area (Å²) in [6, 6.07) is 4.70. The van der Waals surface area contributed by atoms with Crippen molar-refractivity contribution in [3.63, 3.8) is 0 Å². The number of benzene rings is 1. The first kappa shape index (κ1) is 16.9. The largest absolute Gasteiger partial charge is 0.376 e. The number of hydrogen-bond donors (Lipinski definition) is 1. The Hall–Kier alpha value is -1.93. The van der Waals surface area contributed by atoms with Crippen molar-refractivity contribution < 1.29 is 17.9 Å². The van der Waals surface area contributed by atoms with Crippen LogP contribution in [0.1, 0.15) is 36.5 Å². The number of nitrogens with one attached hydrogen (secondary N) is 1. The van der Waals surface area contributed by atoms with Crippen LogP contribution in [0.2, 0.25) is 0 Å². The molecule has 1 atom stereocenters. The standard InChI is InChI=1S/C16H21N3O4S/c1-2-7-19-11-18-24(21,22)15-9-12(5-6-14(15)19)16(20)17-10-13-4-3-8-23-13/h5-6,9,11,13H,2-4,7-8,10H2,1H3,(H,17,20)/t13-/m1/s1. The molecule has 2 aliphatic heterocycles. The summed E-state index contributed by atoms with van der Waals surface area (Å²) < 4.78 is 33.5. The number of fused-ring (bicyclic) bond motifs is 1. The molecule has 3 rings (SSSR count). The van der Waals surface area contributed by atoms with E-state index in [0.29, 0.717) is 24.3 Å². The van der Waals surface area contributed by atoms with Gasteiger partial charge in [0.15, 0.2) is 0 Å². The third-order valence-corrected chi connectivity index (χ3v) is 5.37. The number of rotatable bonds is 5. The fraction of sp³-hybridized carbons (Fsp3) is 0.500. The number of sulfonamides is 1. The molecular formula is C16H21N3O4S. The van der Waals surface area contributed by atoms with Crippen molar-refractivity contribution in [1.29, 1.82) is 0 Å². The molecule has 0 aliphatic carbocycles. The average Bonchev–Trinajstić information content (AvgIpc) is 3.09. The molecule has 0 unspecified atom stereocenters. The van der Waals surface area contributed by atoms with Gasteiger partial charge in [0.1, 0.15) is 11.2 Å². The molecule has 0 bridgehead atoms. The van der Waals surface area contributed by atoms with E-state index in [2.05, 4.69) is 9.71 Å². The summed E-state index contributed by atoms with van der Waals surface area (Å²) in [6.45, 7) is 3.83. The highest BCUT2D eigenvalue weighted by molar-refractivity contribution is 7.90. The highest BCUT2D eigenvalue weighted by Gasteiger charge is 2.26. The molecule has 24 heavy (non-hydrogen) atoms. The van der Waals surface area contributed by atoms with Crippen LogP contribution in [0.4, 0.5) is 5.69 Å². The number of hydrogen-bond acceptors (Lipinski definition) is 5. The zero-order valence-electron chi connectivity index (χ0n) is 13.6. The van der Waals surface area contributed by atoms with Gasteiger partial charge in [0, 0.05) is 25.3 Å². The van der Waals surface area contributed by atoms with Crippen molar-refractivity contribution in [1.82, 2.24) is 5.32 Å². The topological polar surface area (TPSA) is 88.1 Å². The van der Waals surface area contributed by atoms with Gasteiger partial charge in [0.25, 0.3) is 15.9 Å². The van der Waals surface area contributed by atoms with Crippen molar-refractivity contribution in [2.75, 3.05) is 24.6 Å². The van der Waals surface area contributed by atoms with Gasteiger partial charge in [-0.05, 0) is 37.5 Å². The summed E-state index contributed by atoms with van der Waals surface area (Å²) in [5, 5.41) is 2.80. The predicted molar refractivity (Wildman–Crippen MR) is 91.1 cm³/mol. The summed E-state index contributed by atoms with van der Waals surface area (Å²) >= 11 is 0. The van der Waals surface area contributed by atoms with Crippen LogP contribution >= 0.6 is 0 Å². The quantitative estimate of drug-likeness (QED) is 0.869. The Morgan fingerprint density at radius 1 is 1.46 bits per heavy atom. The van der Waals surface area contributed by atoms with Crippen LogP contribution in [0.3, 0.4) is 0 Å². The Morgan fingerprint density at radius 2 is 2.29 bits per heavy atom. The molecule has 2 heterocycles. The zero-order chi connectivity index (χ0) is 17.2. The van der Waals surface area contributed by atoms with Crippen LogP contribution in [0.25, 0.3) is 0 Å². The van der Waals surface area contributed by atoms with Gasteiger partial charge in [0.05, 0.1) is 11.8 Å². The lowest BCUT2D eigenvalue weighted by molar-refractivity contribution is 0.0857. The highest BCUT2D eigenvalue weighted by Crippen LogP contribution is 2.30. The molecule has 0 aromatic heterocycles. The molecule has 0 saturated carbocycles. The third-order valence-electron chi connectivity index (χ3n) is 4.11. The smallest absolute Gasteiger partial charge is 0.285 e.